The molecule has 0 spiro atoms. The van der Waals surface area contributed by atoms with Gasteiger partial charge in [-0.25, -0.2) is 4.79 Å². The van der Waals surface area contributed by atoms with Gasteiger partial charge in [0.15, 0.2) is 6.04 Å². The fraction of sp³-hybridized carbons (Fsp3) is 0.714. The summed E-state index contributed by atoms with van der Waals surface area (Å²) in [7, 11) is 2.59. The number of halogens is 1. The van der Waals surface area contributed by atoms with Crippen LogP contribution < -0.4 is 18.1 Å². The molecule has 78 valence electrons. The van der Waals surface area contributed by atoms with Gasteiger partial charge >= 0.3 is 11.9 Å². The number of esters is 2. The number of quaternary nitrogens is 1. The Kier molecular flexibility index (Phi) is 8.84. The molecule has 1 atom stereocenters. The second-order valence-electron chi connectivity index (χ2n) is 2.33. The fourth-order valence-corrected chi connectivity index (χ4v) is 0.679. The summed E-state index contributed by atoms with van der Waals surface area (Å²) in [4.78, 5) is 21.4. The standard InChI is InChI=1S/C7H13NO4.ClH/c1-11-6(9)4-3-5(8)7(10)12-2;/h5H,3-4,8H2,1-2H3;1H/t5-;/m0./s1. The number of methoxy groups -OCH3 is 2. The van der Waals surface area contributed by atoms with E-state index in [1.165, 1.54) is 14.2 Å². The number of rotatable bonds is 4. The quantitative estimate of drug-likeness (QED) is 0.478. The van der Waals surface area contributed by atoms with E-state index < -0.39 is 12.0 Å². The normalized spacial score (nSPS) is 11.0. The van der Waals surface area contributed by atoms with Crippen LogP contribution in [0.4, 0.5) is 0 Å². The maximum absolute atomic E-state index is 10.8. The molecular weight excluding hydrogens is 198 g/mol. The van der Waals surface area contributed by atoms with Crippen LogP contribution in [0.2, 0.25) is 0 Å². The topological polar surface area (TPSA) is 80.2 Å². The second kappa shape index (κ2) is 7.82. The van der Waals surface area contributed by atoms with Crippen LogP contribution in [0.1, 0.15) is 12.8 Å². The zero-order valence-corrected chi connectivity index (χ0v) is 8.47. The minimum absolute atomic E-state index is 0. The van der Waals surface area contributed by atoms with Crippen molar-refractivity contribution in [3.05, 3.63) is 0 Å². The molecule has 0 heterocycles. The van der Waals surface area contributed by atoms with E-state index in [1.54, 1.807) is 0 Å². The molecule has 0 radical (unpaired) electrons. The van der Waals surface area contributed by atoms with E-state index in [4.69, 9.17) is 0 Å². The first kappa shape index (κ1) is 14.7. The highest BCUT2D eigenvalue weighted by Crippen LogP contribution is 1.96. The Morgan fingerprint density at radius 3 is 2.23 bits per heavy atom. The highest BCUT2D eigenvalue weighted by Gasteiger charge is 2.18. The van der Waals surface area contributed by atoms with Crippen molar-refractivity contribution in [2.45, 2.75) is 18.9 Å². The van der Waals surface area contributed by atoms with Crippen molar-refractivity contribution >= 4 is 11.9 Å². The number of hydrogen-bond acceptors (Lipinski definition) is 4. The Labute approximate surface area is 83.0 Å². The average Bonchev–Trinajstić information content (AvgIpc) is 2.11. The molecule has 0 saturated heterocycles. The third-order valence-electron chi connectivity index (χ3n) is 1.46. The van der Waals surface area contributed by atoms with E-state index in [2.05, 4.69) is 15.2 Å². The Hall–Kier alpha value is -0.810. The van der Waals surface area contributed by atoms with Crippen molar-refractivity contribution in [3.8, 4) is 0 Å². The van der Waals surface area contributed by atoms with Crippen LogP contribution in [-0.4, -0.2) is 32.2 Å². The monoisotopic (exact) mass is 211 g/mol. The lowest BCUT2D eigenvalue weighted by Gasteiger charge is -2.04. The van der Waals surface area contributed by atoms with E-state index in [9.17, 15) is 9.59 Å². The Morgan fingerprint density at radius 1 is 1.31 bits per heavy atom. The molecule has 0 aliphatic heterocycles. The second-order valence-corrected chi connectivity index (χ2v) is 2.33. The lowest BCUT2D eigenvalue weighted by Crippen LogP contribution is -3.00. The molecule has 0 rings (SSSR count). The summed E-state index contributed by atoms with van der Waals surface area (Å²) in [5, 5.41) is 0. The third-order valence-corrected chi connectivity index (χ3v) is 1.46. The molecule has 0 fully saturated rings. The molecule has 3 N–H and O–H groups in total. The van der Waals surface area contributed by atoms with Crippen LogP contribution in [0.5, 0.6) is 0 Å². The summed E-state index contributed by atoms with van der Waals surface area (Å²) >= 11 is 0. The molecule has 0 bridgehead atoms. The van der Waals surface area contributed by atoms with Crippen LogP contribution in [0.25, 0.3) is 0 Å². The van der Waals surface area contributed by atoms with Gasteiger partial charge in [0.2, 0.25) is 0 Å². The molecule has 0 aliphatic rings. The third kappa shape index (κ3) is 6.36. The number of carbonyl (C=O) groups is 2. The molecule has 0 aromatic rings. The van der Waals surface area contributed by atoms with Crippen LogP contribution in [0.15, 0.2) is 0 Å². The Balaban J connectivity index is 0. The van der Waals surface area contributed by atoms with E-state index in [0.29, 0.717) is 6.42 Å². The SMILES string of the molecule is COC(=O)CC[C@H]([NH3+])C(=O)OC.[Cl-]. The van der Waals surface area contributed by atoms with Gasteiger partial charge in [-0.3, -0.25) is 4.79 Å². The molecular formula is C7H14ClNO4. The van der Waals surface area contributed by atoms with Crippen LogP contribution in [0.3, 0.4) is 0 Å². The maximum Gasteiger partial charge on any atom is 0.364 e. The number of carbonyl (C=O) groups excluding carboxylic acids is 2. The molecule has 6 heteroatoms. The first-order valence-electron chi connectivity index (χ1n) is 3.59. The first-order valence-corrected chi connectivity index (χ1v) is 3.59. The predicted octanol–water partition coefficient (Wildman–Crippen LogP) is -4.27. The van der Waals surface area contributed by atoms with E-state index in [1.807, 2.05) is 0 Å². The fourth-order valence-electron chi connectivity index (χ4n) is 0.679. The summed E-state index contributed by atoms with van der Waals surface area (Å²) in [6, 6.07) is -0.492. The summed E-state index contributed by atoms with van der Waals surface area (Å²) < 4.78 is 8.82. The largest absolute Gasteiger partial charge is 1.00 e. The van der Waals surface area contributed by atoms with Gasteiger partial charge in [-0.05, 0) is 0 Å². The van der Waals surface area contributed by atoms with Gasteiger partial charge < -0.3 is 27.6 Å². The Bertz CT molecular complexity index is 174. The van der Waals surface area contributed by atoms with Crippen molar-refractivity contribution < 1.29 is 37.2 Å². The zero-order valence-electron chi connectivity index (χ0n) is 7.71. The molecule has 0 saturated carbocycles. The Morgan fingerprint density at radius 2 is 1.85 bits per heavy atom. The van der Waals surface area contributed by atoms with Crippen LogP contribution >= 0.6 is 0 Å². The molecule has 0 aliphatic carbocycles. The van der Waals surface area contributed by atoms with Crippen molar-refractivity contribution in [2.24, 2.45) is 0 Å². The van der Waals surface area contributed by atoms with Gasteiger partial charge in [0, 0.05) is 6.42 Å². The van der Waals surface area contributed by atoms with Crippen molar-refractivity contribution in [1.29, 1.82) is 0 Å². The summed E-state index contributed by atoms with van der Waals surface area (Å²) in [6.07, 6.45) is 0.555. The maximum atomic E-state index is 10.8. The number of ether oxygens (including phenoxy) is 2. The summed E-state index contributed by atoms with van der Waals surface area (Å²) in [5.74, 6) is -0.744. The van der Waals surface area contributed by atoms with Crippen LogP contribution in [0, 0.1) is 0 Å². The highest BCUT2D eigenvalue weighted by atomic mass is 35.5. The average molecular weight is 212 g/mol. The minimum Gasteiger partial charge on any atom is -1.00 e. The molecule has 0 aromatic heterocycles. The molecule has 0 unspecified atom stereocenters. The lowest BCUT2D eigenvalue weighted by atomic mass is 10.2. The van der Waals surface area contributed by atoms with Gasteiger partial charge in [-0.15, -0.1) is 0 Å². The van der Waals surface area contributed by atoms with Gasteiger partial charge in [0.05, 0.1) is 20.6 Å². The smallest absolute Gasteiger partial charge is 0.364 e. The summed E-state index contributed by atoms with van der Waals surface area (Å²) in [6.45, 7) is 0. The summed E-state index contributed by atoms with van der Waals surface area (Å²) in [5.41, 5.74) is 3.53. The van der Waals surface area contributed by atoms with Gasteiger partial charge in [0.25, 0.3) is 0 Å². The van der Waals surface area contributed by atoms with Crippen molar-refractivity contribution in [1.82, 2.24) is 0 Å². The molecule has 13 heavy (non-hydrogen) atoms. The molecule has 0 aromatic carbocycles. The van der Waals surface area contributed by atoms with E-state index >= 15 is 0 Å². The predicted molar refractivity (Wildman–Crippen MR) is 39.9 cm³/mol. The minimum atomic E-state index is -0.492. The lowest BCUT2D eigenvalue weighted by molar-refractivity contribution is -0.409. The van der Waals surface area contributed by atoms with Crippen molar-refractivity contribution in [2.75, 3.05) is 14.2 Å². The molecule has 5 nitrogen and oxygen atoms in total. The van der Waals surface area contributed by atoms with Crippen LogP contribution in [-0.2, 0) is 19.1 Å². The molecule has 0 amide bonds. The highest BCUT2D eigenvalue weighted by molar-refractivity contribution is 5.75. The van der Waals surface area contributed by atoms with E-state index in [0.717, 1.165) is 0 Å². The van der Waals surface area contributed by atoms with Crippen molar-refractivity contribution in [3.63, 3.8) is 0 Å². The van der Waals surface area contributed by atoms with Gasteiger partial charge in [0.1, 0.15) is 0 Å². The first-order chi connectivity index (χ1) is 5.61. The van der Waals surface area contributed by atoms with Gasteiger partial charge in [-0.2, -0.15) is 0 Å². The van der Waals surface area contributed by atoms with E-state index in [-0.39, 0.29) is 24.8 Å². The van der Waals surface area contributed by atoms with Gasteiger partial charge in [-0.1, -0.05) is 0 Å². The number of hydrogen-bond donors (Lipinski definition) is 1. The zero-order chi connectivity index (χ0) is 9.56.